The van der Waals surface area contributed by atoms with Crippen molar-refractivity contribution in [2.45, 2.75) is 33.2 Å². The molecule has 92 valence electrons. The van der Waals surface area contributed by atoms with E-state index in [4.69, 9.17) is 10.2 Å². The maximum atomic E-state index is 6.09. The van der Waals surface area contributed by atoms with E-state index in [1.165, 1.54) is 0 Å². The first-order valence-electron chi connectivity index (χ1n) is 5.69. The van der Waals surface area contributed by atoms with Crippen LogP contribution in [-0.2, 0) is 0 Å². The van der Waals surface area contributed by atoms with Gasteiger partial charge in [0.25, 0.3) is 0 Å². The van der Waals surface area contributed by atoms with Crippen LogP contribution >= 0.6 is 11.3 Å². The minimum atomic E-state index is 0.00741. The van der Waals surface area contributed by atoms with Crippen molar-refractivity contribution in [3.05, 3.63) is 23.2 Å². The van der Waals surface area contributed by atoms with E-state index in [0.717, 1.165) is 22.8 Å². The molecule has 0 saturated carbocycles. The molecule has 0 aromatic carbocycles. The summed E-state index contributed by atoms with van der Waals surface area (Å²) in [5, 5.41) is 2.88. The van der Waals surface area contributed by atoms with Crippen molar-refractivity contribution in [1.29, 1.82) is 0 Å². The Morgan fingerprint density at radius 2 is 2.18 bits per heavy atom. The average Bonchev–Trinajstić information content (AvgIpc) is 2.84. The second-order valence-corrected chi connectivity index (χ2v) is 5.42. The van der Waals surface area contributed by atoms with E-state index in [0.29, 0.717) is 11.8 Å². The summed E-state index contributed by atoms with van der Waals surface area (Å²) in [6, 6.07) is 0.00741. The first-order valence-corrected chi connectivity index (χ1v) is 6.57. The molecule has 0 saturated heterocycles. The first kappa shape index (κ1) is 12.3. The second kappa shape index (κ2) is 4.98. The molecule has 5 heteroatoms. The molecule has 4 nitrogen and oxygen atoms in total. The van der Waals surface area contributed by atoms with E-state index in [-0.39, 0.29) is 6.04 Å². The Labute approximate surface area is 105 Å². The van der Waals surface area contributed by atoms with Gasteiger partial charge in [-0.3, -0.25) is 0 Å². The van der Waals surface area contributed by atoms with E-state index in [9.17, 15) is 0 Å². The van der Waals surface area contributed by atoms with Crippen molar-refractivity contribution in [2.75, 3.05) is 0 Å². The Hall–Kier alpha value is -1.20. The summed E-state index contributed by atoms with van der Waals surface area (Å²) in [7, 11) is 0. The minimum absolute atomic E-state index is 0.00741. The van der Waals surface area contributed by atoms with Gasteiger partial charge in [-0.25, -0.2) is 9.97 Å². The minimum Gasteiger partial charge on any atom is -0.449 e. The van der Waals surface area contributed by atoms with Crippen molar-refractivity contribution < 1.29 is 4.42 Å². The quantitative estimate of drug-likeness (QED) is 0.906. The van der Waals surface area contributed by atoms with Gasteiger partial charge in [0.1, 0.15) is 17.0 Å². The molecule has 0 fully saturated rings. The Morgan fingerprint density at radius 1 is 1.41 bits per heavy atom. The van der Waals surface area contributed by atoms with Gasteiger partial charge in [-0.1, -0.05) is 13.8 Å². The number of nitrogens with two attached hydrogens (primary N) is 1. The fourth-order valence-electron chi connectivity index (χ4n) is 1.66. The monoisotopic (exact) mass is 251 g/mol. The average molecular weight is 251 g/mol. The molecule has 1 unspecified atom stereocenters. The number of thiazole rings is 1. The second-order valence-electron chi connectivity index (χ2n) is 4.57. The molecule has 0 spiro atoms. The van der Waals surface area contributed by atoms with Crippen LogP contribution in [0.2, 0.25) is 0 Å². The molecule has 0 aliphatic heterocycles. The molecule has 2 rings (SSSR count). The van der Waals surface area contributed by atoms with Crippen molar-refractivity contribution in [3.63, 3.8) is 0 Å². The maximum absolute atomic E-state index is 6.09. The first-order chi connectivity index (χ1) is 8.06. The van der Waals surface area contributed by atoms with Gasteiger partial charge in [-0.05, 0) is 12.3 Å². The number of hydrogen-bond donors (Lipinski definition) is 1. The molecule has 0 bridgehead atoms. The van der Waals surface area contributed by atoms with Crippen LogP contribution in [0.1, 0.15) is 37.9 Å². The summed E-state index contributed by atoms with van der Waals surface area (Å²) in [6.45, 7) is 6.14. The highest BCUT2D eigenvalue weighted by Gasteiger charge is 2.14. The number of oxazole rings is 1. The van der Waals surface area contributed by atoms with Gasteiger partial charge in [0.15, 0.2) is 5.89 Å². The molecule has 0 amide bonds. The van der Waals surface area contributed by atoms with Crippen molar-refractivity contribution in [1.82, 2.24) is 9.97 Å². The van der Waals surface area contributed by atoms with Crippen molar-refractivity contribution in [2.24, 2.45) is 11.7 Å². The maximum Gasteiger partial charge on any atom is 0.191 e. The number of rotatable bonds is 4. The number of nitrogens with zero attached hydrogens (tertiary/aromatic N) is 2. The molecule has 2 heterocycles. The molecule has 2 aromatic rings. The van der Waals surface area contributed by atoms with Crippen LogP contribution in [0.25, 0.3) is 10.7 Å². The van der Waals surface area contributed by atoms with E-state index in [2.05, 4.69) is 23.8 Å². The summed E-state index contributed by atoms with van der Waals surface area (Å²) in [4.78, 5) is 8.77. The largest absolute Gasteiger partial charge is 0.449 e. The van der Waals surface area contributed by atoms with E-state index in [1.807, 2.05) is 12.3 Å². The molecule has 0 aliphatic carbocycles. The van der Waals surface area contributed by atoms with Gasteiger partial charge >= 0.3 is 0 Å². The molecule has 2 aromatic heterocycles. The Morgan fingerprint density at radius 3 is 2.76 bits per heavy atom. The van der Waals surface area contributed by atoms with Crippen molar-refractivity contribution >= 4 is 11.3 Å². The lowest BCUT2D eigenvalue weighted by molar-refractivity contribution is 0.504. The molecular weight excluding hydrogens is 234 g/mol. The fraction of sp³-hybridized carbons (Fsp3) is 0.500. The van der Waals surface area contributed by atoms with Gasteiger partial charge in [-0.15, -0.1) is 11.3 Å². The zero-order valence-electron chi connectivity index (χ0n) is 10.3. The lowest BCUT2D eigenvalue weighted by Crippen LogP contribution is -2.13. The third-order valence-corrected chi connectivity index (χ3v) is 3.35. The van der Waals surface area contributed by atoms with Crippen LogP contribution in [0, 0.1) is 12.8 Å². The van der Waals surface area contributed by atoms with Gasteiger partial charge < -0.3 is 10.2 Å². The summed E-state index contributed by atoms with van der Waals surface area (Å²) < 4.78 is 5.18. The highest BCUT2D eigenvalue weighted by molar-refractivity contribution is 7.13. The van der Waals surface area contributed by atoms with Gasteiger partial charge in [-0.2, -0.15) is 0 Å². The topological polar surface area (TPSA) is 64.9 Å². The third-order valence-electron chi connectivity index (χ3n) is 2.47. The van der Waals surface area contributed by atoms with E-state index < -0.39 is 0 Å². The molecule has 17 heavy (non-hydrogen) atoms. The van der Waals surface area contributed by atoms with E-state index >= 15 is 0 Å². The van der Waals surface area contributed by atoms with Crippen LogP contribution in [0.3, 0.4) is 0 Å². The summed E-state index contributed by atoms with van der Waals surface area (Å²) in [6.07, 6.45) is 2.58. The van der Waals surface area contributed by atoms with Crippen LogP contribution in [0.5, 0.6) is 0 Å². The van der Waals surface area contributed by atoms with Crippen LogP contribution < -0.4 is 5.73 Å². The predicted molar refractivity (Wildman–Crippen MR) is 68.7 cm³/mol. The highest BCUT2D eigenvalue weighted by Crippen LogP contribution is 2.27. The van der Waals surface area contributed by atoms with E-state index in [1.54, 1.807) is 17.6 Å². The van der Waals surface area contributed by atoms with Gasteiger partial charge in [0.2, 0.25) is 0 Å². The van der Waals surface area contributed by atoms with Crippen LogP contribution in [0.4, 0.5) is 0 Å². The van der Waals surface area contributed by atoms with Crippen LogP contribution in [-0.4, -0.2) is 9.97 Å². The fourth-order valence-corrected chi connectivity index (χ4v) is 2.50. The summed E-state index contributed by atoms with van der Waals surface area (Å²) >= 11 is 1.56. The SMILES string of the molecule is Cc1nc(-c2nc(C(N)CC(C)C)cs2)co1. The predicted octanol–water partition coefficient (Wildman–Crippen LogP) is 3.15. The lowest BCUT2D eigenvalue weighted by Gasteiger charge is -2.10. The molecule has 2 N–H and O–H groups in total. The smallest absolute Gasteiger partial charge is 0.191 e. The van der Waals surface area contributed by atoms with Crippen LogP contribution in [0.15, 0.2) is 16.1 Å². The molecule has 1 atom stereocenters. The molecule has 0 aliphatic rings. The zero-order chi connectivity index (χ0) is 12.4. The Bertz CT molecular complexity index is 489. The highest BCUT2D eigenvalue weighted by atomic mass is 32.1. The summed E-state index contributed by atoms with van der Waals surface area (Å²) in [5.74, 6) is 1.23. The zero-order valence-corrected chi connectivity index (χ0v) is 11.1. The number of hydrogen-bond acceptors (Lipinski definition) is 5. The standard InChI is InChI=1S/C12H17N3OS/c1-7(2)4-9(13)11-6-17-12(15-11)10-5-16-8(3)14-10/h5-7,9H,4,13H2,1-3H3. The van der Waals surface area contributed by atoms with Gasteiger partial charge in [0, 0.05) is 18.3 Å². The normalized spacial score (nSPS) is 13.2. The Kier molecular flexibility index (Phi) is 3.59. The lowest BCUT2D eigenvalue weighted by atomic mass is 10.0. The third kappa shape index (κ3) is 2.92. The molecule has 0 radical (unpaired) electrons. The van der Waals surface area contributed by atoms with Gasteiger partial charge in [0.05, 0.1) is 5.69 Å². The number of aromatic nitrogens is 2. The van der Waals surface area contributed by atoms with Crippen molar-refractivity contribution in [3.8, 4) is 10.7 Å². The Balaban J connectivity index is 2.15. The molecular formula is C12H17N3OS. The number of aryl methyl sites for hydroxylation is 1. The summed E-state index contributed by atoms with van der Waals surface area (Å²) in [5.41, 5.74) is 7.82.